The molecule has 0 saturated heterocycles. The van der Waals surface area contributed by atoms with Gasteiger partial charge in [0.05, 0.1) is 19.5 Å². The molecule has 180 valence electrons. The number of hydrogen-bond donors (Lipinski definition) is 1. The van der Waals surface area contributed by atoms with Gasteiger partial charge in [0.1, 0.15) is 11.5 Å². The molecule has 0 aliphatic heterocycles. The van der Waals surface area contributed by atoms with Crippen molar-refractivity contribution >= 4 is 23.4 Å². The molecule has 10 heteroatoms. The van der Waals surface area contributed by atoms with Crippen molar-refractivity contribution in [2.75, 3.05) is 24.8 Å². The minimum absolute atomic E-state index is 0.0171. The summed E-state index contributed by atoms with van der Waals surface area (Å²) in [6.07, 6.45) is 0. The van der Waals surface area contributed by atoms with E-state index < -0.39 is 17.5 Å². The van der Waals surface area contributed by atoms with E-state index in [1.165, 1.54) is 17.8 Å². The summed E-state index contributed by atoms with van der Waals surface area (Å²) in [6.45, 7) is 2.47. The third kappa shape index (κ3) is 5.78. The number of ether oxygens (including phenoxy) is 2. The minimum Gasteiger partial charge on any atom is -0.497 e. The highest BCUT2D eigenvalue weighted by molar-refractivity contribution is 7.99. The molecule has 3 aromatic carbocycles. The predicted octanol–water partition coefficient (Wildman–Crippen LogP) is 5.35. The first-order chi connectivity index (χ1) is 17.0. The van der Waals surface area contributed by atoms with Gasteiger partial charge in [-0.1, -0.05) is 11.8 Å². The molecule has 0 atom stereocenters. The topological polar surface area (TPSA) is 78.3 Å². The molecule has 0 aliphatic rings. The summed E-state index contributed by atoms with van der Waals surface area (Å²) in [5, 5.41) is 11.7. The van der Waals surface area contributed by atoms with Crippen LogP contribution >= 0.6 is 11.8 Å². The van der Waals surface area contributed by atoms with E-state index in [0.29, 0.717) is 23.3 Å². The second kappa shape index (κ2) is 11.0. The van der Waals surface area contributed by atoms with Crippen LogP contribution < -0.4 is 14.8 Å². The number of nitrogens with zero attached hydrogens (tertiary/aromatic N) is 3. The molecule has 4 aromatic rings. The Bertz CT molecular complexity index is 1310. The van der Waals surface area contributed by atoms with E-state index in [2.05, 4.69) is 15.5 Å². The molecule has 0 saturated carbocycles. The van der Waals surface area contributed by atoms with Crippen molar-refractivity contribution in [3.8, 4) is 28.6 Å². The second-order valence-electron chi connectivity index (χ2n) is 7.26. The van der Waals surface area contributed by atoms with Crippen molar-refractivity contribution in [1.29, 1.82) is 0 Å². The van der Waals surface area contributed by atoms with Crippen LogP contribution in [-0.2, 0) is 4.79 Å². The lowest BCUT2D eigenvalue weighted by atomic mass is 10.2. The van der Waals surface area contributed by atoms with Crippen LogP contribution in [0.25, 0.3) is 17.1 Å². The molecule has 0 spiro atoms. The van der Waals surface area contributed by atoms with Gasteiger partial charge < -0.3 is 14.8 Å². The van der Waals surface area contributed by atoms with Gasteiger partial charge in [0.15, 0.2) is 22.6 Å². The molecule has 1 N–H and O–H groups in total. The van der Waals surface area contributed by atoms with E-state index in [-0.39, 0.29) is 11.4 Å². The third-order valence-electron chi connectivity index (χ3n) is 4.92. The zero-order valence-corrected chi connectivity index (χ0v) is 19.8. The van der Waals surface area contributed by atoms with E-state index >= 15 is 0 Å². The lowest BCUT2D eigenvalue weighted by Crippen LogP contribution is -2.15. The van der Waals surface area contributed by atoms with Crippen LogP contribution in [0.5, 0.6) is 11.5 Å². The van der Waals surface area contributed by atoms with E-state index in [4.69, 9.17) is 9.47 Å². The smallest absolute Gasteiger partial charge is 0.234 e. The summed E-state index contributed by atoms with van der Waals surface area (Å²) in [6, 6.07) is 18.1. The van der Waals surface area contributed by atoms with Crippen molar-refractivity contribution in [1.82, 2.24) is 14.8 Å². The molecular formula is C25H22F2N4O3S. The molecule has 1 amide bonds. The summed E-state index contributed by atoms with van der Waals surface area (Å²) in [7, 11) is 1.59. The molecule has 0 bridgehead atoms. The number of nitrogens with one attached hydrogen (secondary N) is 1. The van der Waals surface area contributed by atoms with Gasteiger partial charge in [0, 0.05) is 23.0 Å². The highest BCUT2D eigenvalue weighted by Gasteiger charge is 2.18. The van der Waals surface area contributed by atoms with Gasteiger partial charge in [-0.25, -0.2) is 8.78 Å². The second-order valence-corrected chi connectivity index (χ2v) is 8.21. The van der Waals surface area contributed by atoms with Gasteiger partial charge in [0.2, 0.25) is 5.91 Å². The number of hydrogen-bond acceptors (Lipinski definition) is 6. The average Bonchev–Trinajstić information content (AvgIpc) is 3.30. The van der Waals surface area contributed by atoms with Crippen LogP contribution in [0.2, 0.25) is 0 Å². The molecule has 35 heavy (non-hydrogen) atoms. The number of halogens is 2. The Morgan fingerprint density at radius 2 is 1.69 bits per heavy atom. The van der Waals surface area contributed by atoms with E-state index in [0.717, 1.165) is 29.1 Å². The van der Waals surface area contributed by atoms with Crippen molar-refractivity contribution in [2.45, 2.75) is 12.1 Å². The van der Waals surface area contributed by atoms with Crippen LogP contribution in [-0.4, -0.2) is 40.1 Å². The Labute approximate surface area is 205 Å². The van der Waals surface area contributed by atoms with E-state index in [9.17, 15) is 13.6 Å². The normalized spacial score (nSPS) is 10.7. The van der Waals surface area contributed by atoms with Crippen LogP contribution in [0.1, 0.15) is 6.92 Å². The summed E-state index contributed by atoms with van der Waals surface area (Å²) >= 11 is 1.17. The maximum Gasteiger partial charge on any atom is 0.234 e. The SMILES string of the molecule is CCOc1ccc(-n2c(SCC(=O)Nc3ccc(F)c(F)c3)nnc2-c2ccc(OC)cc2)cc1. The lowest BCUT2D eigenvalue weighted by Gasteiger charge is -2.12. The molecule has 0 aliphatic carbocycles. The number of aromatic nitrogens is 3. The fraction of sp³-hybridized carbons (Fsp3) is 0.160. The Kier molecular flexibility index (Phi) is 7.61. The lowest BCUT2D eigenvalue weighted by molar-refractivity contribution is -0.113. The standard InChI is InChI=1S/C25H22F2N4O3S/c1-3-34-20-11-7-18(8-12-20)31-24(16-4-9-19(33-2)10-5-16)29-30-25(31)35-15-23(32)28-17-6-13-21(26)22(27)14-17/h4-14H,3,15H2,1-2H3,(H,28,32). The van der Waals surface area contributed by atoms with Crippen LogP contribution in [0.4, 0.5) is 14.5 Å². The number of methoxy groups -OCH3 is 1. The van der Waals surface area contributed by atoms with Crippen LogP contribution in [0.3, 0.4) is 0 Å². The van der Waals surface area contributed by atoms with Crippen LogP contribution in [0.15, 0.2) is 71.9 Å². The van der Waals surface area contributed by atoms with E-state index in [1.54, 1.807) is 7.11 Å². The minimum atomic E-state index is -1.03. The van der Waals surface area contributed by atoms with Crippen molar-refractivity contribution in [3.63, 3.8) is 0 Å². The van der Waals surface area contributed by atoms with Crippen molar-refractivity contribution in [2.24, 2.45) is 0 Å². The molecule has 0 unspecified atom stereocenters. The molecule has 1 aromatic heterocycles. The van der Waals surface area contributed by atoms with Gasteiger partial charge in [-0.3, -0.25) is 9.36 Å². The molecule has 1 heterocycles. The third-order valence-corrected chi connectivity index (χ3v) is 5.85. The number of carbonyl (C=O) groups excluding carboxylic acids is 1. The molecule has 7 nitrogen and oxygen atoms in total. The first kappa shape index (κ1) is 24.2. The predicted molar refractivity (Wildman–Crippen MR) is 130 cm³/mol. The number of rotatable bonds is 9. The van der Waals surface area contributed by atoms with Crippen molar-refractivity contribution < 1.29 is 23.0 Å². The summed E-state index contributed by atoms with van der Waals surface area (Å²) in [5.74, 6) is -0.397. The van der Waals surface area contributed by atoms with Gasteiger partial charge >= 0.3 is 0 Å². The van der Waals surface area contributed by atoms with E-state index in [1.807, 2.05) is 60.0 Å². The number of amides is 1. The van der Waals surface area contributed by atoms with Gasteiger partial charge in [-0.15, -0.1) is 10.2 Å². The van der Waals surface area contributed by atoms with Crippen molar-refractivity contribution in [3.05, 3.63) is 78.4 Å². The monoisotopic (exact) mass is 496 g/mol. The molecule has 0 radical (unpaired) electrons. The molecular weight excluding hydrogens is 474 g/mol. The number of carbonyl (C=O) groups is 1. The van der Waals surface area contributed by atoms with Crippen LogP contribution in [0, 0.1) is 11.6 Å². The maximum atomic E-state index is 13.4. The number of anilines is 1. The highest BCUT2D eigenvalue weighted by atomic mass is 32.2. The molecule has 0 fully saturated rings. The number of benzene rings is 3. The molecule has 4 rings (SSSR count). The Balaban J connectivity index is 1.59. The maximum absolute atomic E-state index is 13.4. The zero-order valence-electron chi connectivity index (χ0n) is 19.0. The largest absolute Gasteiger partial charge is 0.497 e. The summed E-state index contributed by atoms with van der Waals surface area (Å²) in [4.78, 5) is 12.5. The quantitative estimate of drug-likeness (QED) is 0.315. The van der Waals surface area contributed by atoms with Gasteiger partial charge in [0.25, 0.3) is 0 Å². The summed E-state index contributed by atoms with van der Waals surface area (Å²) < 4.78 is 39.2. The zero-order chi connectivity index (χ0) is 24.8. The van der Waals surface area contributed by atoms with Gasteiger partial charge in [-0.05, 0) is 67.6 Å². The Morgan fingerprint density at radius 3 is 2.34 bits per heavy atom. The Morgan fingerprint density at radius 1 is 0.971 bits per heavy atom. The fourth-order valence-corrected chi connectivity index (χ4v) is 4.03. The highest BCUT2D eigenvalue weighted by Crippen LogP contribution is 2.30. The van der Waals surface area contributed by atoms with Gasteiger partial charge in [-0.2, -0.15) is 0 Å². The first-order valence-electron chi connectivity index (χ1n) is 10.7. The number of thioether (sulfide) groups is 1. The average molecular weight is 497 g/mol. The Hall–Kier alpha value is -3.92. The summed E-state index contributed by atoms with van der Waals surface area (Å²) in [5.41, 5.74) is 1.76. The fourth-order valence-electron chi connectivity index (χ4n) is 3.28. The first-order valence-corrected chi connectivity index (χ1v) is 11.7.